The maximum Gasteiger partial charge on any atom is 0.135 e. The van der Waals surface area contributed by atoms with Gasteiger partial charge in [0, 0.05) is 45.9 Å². The second kappa shape index (κ2) is 9.94. The zero-order valence-electron chi connectivity index (χ0n) is 22.1. The Morgan fingerprint density at radius 1 is 1.08 bits per heavy atom. The Balaban J connectivity index is 1.53. The van der Waals surface area contributed by atoms with E-state index in [9.17, 15) is 0 Å². The van der Waals surface area contributed by atoms with E-state index in [0.29, 0.717) is 0 Å². The summed E-state index contributed by atoms with van der Waals surface area (Å²) in [7, 11) is 0. The van der Waals surface area contributed by atoms with Gasteiger partial charge in [-0.25, -0.2) is 4.98 Å². The van der Waals surface area contributed by atoms with E-state index >= 15 is 0 Å². The molecule has 0 atom stereocenters. The second-order valence-corrected chi connectivity index (χ2v) is 10.2. The van der Waals surface area contributed by atoms with Crippen LogP contribution >= 0.6 is 0 Å². The molecule has 0 spiro atoms. The SMILES string of the molecule is C=C/C=C(/c1ccccn1)c1cc(-c2n[nH]c3ccc(-c4cncc(NC(=C)C(C)(C)C)c4)nc23)[nH]c1C. The van der Waals surface area contributed by atoms with Gasteiger partial charge in [-0.05, 0) is 43.3 Å². The topological polar surface area (TPSA) is 95.2 Å². The Morgan fingerprint density at radius 3 is 2.66 bits per heavy atom. The molecule has 0 aliphatic heterocycles. The highest BCUT2D eigenvalue weighted by Crippen LogP contribution is 2.33. The maximum atomic E-state index is 4.98. The molecule has 5 aromatic rings. The summed E-state index contributed by atoms with van der Waals surface area (Å²) in [6, 6.07) is 14.0. The molecule has 5 aromatic heterocycles. The molecule has 0 fully saturated rings. The molecular formula is C31H31N7. The van der Waals surface area contributed by atoms with Gasteiger partial charge in [0.05, 0.1) is 34.5 Å². The Kier molecular flexibility index (Phi) is 6.51. The number of H-pyrrole nitrogens is 2. The first-order valence-electron chi connectivity index (χ1n) is 12.5. The molecule has 0 amide bonds. The zero-order chi connectivity index (χ0) is 26.9. The fraction of sp³-hybridized carbons (Fsp3) is 0.161. The third-order valence-corrected chi connectivity index (χ3v) is 6.43. The van der Waals surface area contributed by atoms with E-state index in [2.05, 4.69) is 70.5 Å². The number of pyridine rings is 3. The molecule has 5 rings (SSSR count). The fourth-order valence-corrected chi connectivity index (χ4v) is 4.18. The first kappa shape index (κ1) is 24.9. The van der Waals surface area contributed by atoms with Gasteiger partial charge < -0.3 is 10.3 Å². The van der Waals surface area contributed by atoms with Crippen molar-refractivity contribution in [3.63, 3.8) is 0 Å². The van der Waals surface area contributed by atoms with Gasteiger partial charge in [-0.2, -0.15) is 5.10 Å². The second-order valence-electron chi connectivity index (χ2n) is 10.2. The molecular weight excluding hydrogens is 470 g/mol. The lowest BCUT2D eigenvalue weighted by Gasteiger charge is -2.23. The van der Waals surface area contributed by atoms with E-state index in [1.165, 1.54) is 0 Å². The van der Waals surface area contributed by atoms with Crippen molar-refractivity contribution in [1.82, 2.24) is 30.1 Å². The largest absolute Gasteiger partial charge is 0.358 e. The molecule has 0 aliphatic carbocycles. The number of hydrogen-bond donors (Lipinski definition) is 3. The normalized spacial score (nSPS) is 12.1. The Hall–Kier alpha value is -4.78. The number of aryl methyl sites for hydroxylation is 1. The Labute approximate surface area is 222 Å². The molecule has 0 aliphatic rings. The van der Waals surface area contributed by atoms with Crippen molar-refractivity contribution in [2.75, 3.05) is 5.32 Å². The van der Waals surface area contributed by atoms with Crippen LogP contribution in [0.4, 0.5) is 5.69 Å². The average Bonchev–Trinajstić information content (AvgIpc) is 3.50. The molecule has 7 nitrogen and oxygen atoms in total. The minimum absolute atomic E-state index is 0.0663. The first-order valence-corrected chi connectivity index (χ1v) is 12.5. The molecule has 0 bridgehead atoms. The summed E-state index contributed by atoms with van der Waals surface area (Å²) in [4.78, 5) is 17.4. The van der Waals surface area contributed by atoms with Crippen LogP contribution in [0, 0.1) is 12.3 Å². The minimum Gasteiger partial charge on any atom is -0.358 e. The minimum atomic E-state index is -0.0663. The van der Waals surface area contributed by atoms with Gasteiger partial charge in [-0.3, -0.25) is 15.1 Å². The van der Waals surface area contributed by atoms with Crippen LogP contribution in [0.25, 0.3) is 39.3 Å². The molecule has 0 saturated heterocycles. The number of nitrogens with zero attached hydrogens (tertiary/aromatic N) is 4. The van der Waals surface area contributed by atoms with E-state index in [1.54, 1.807) is 18.5 Å². The van der Waals surface area contributed by atoms with E-state index in [4.69, 9.17) is 4.98 Å². The van der Waals surface area contributed by atoms with Crippen LogP contribution in [0.2, 0.25) is 0 Å². The molecule has 5 heterocycles. The molecule has 0 saturated carbocycles. The number of allylic oxidation sites excluding steroid dienone is 3. The molecule has 0 radical (unpaired) electrons. The van der Waals surface area contributed by atoms with Gasteiger partial charge >= 0.3 is 0 Å². The van der Waals surface area contributed by atoms with Crippen molar-refractivity contribution >= 4 is 22.3 Å². The molecule has 0 unspecified atom stereocenters. The van der Waals surface area contributed by atoms with Crippen molar-refractivity contribution in [2.45, 2.75) is 27.7 Å². The van der Waals surface area contributed by atoms with Crippen molar-refractivity contribution in [1.29, 1.82) is 0 Å². The van der Waals surface area contributed by atoms with Crippen molar-refractivity contribution < 1.29 is 0 Å². The van der Waals surface area contributed by atoms with Crippen LogP contribution in [0.15, 0.2) is 92.1 Å². The number of hydrogen-bond acceptors (Lipinski definition) is 5. The number of anilines is 1. The number of aromatic amines is 2. The molecule has 7 heteroatoms. The Morgan fingerprint density at radius 2 is 1.92 bits per heavy atom. The lowest BCUT2D eigenvalue weighted by Crippen LogP contribution is -2.15. The average molecular weight is 502 g/mol. The number of fused-ring (bicyclic) bond motifs is 1. The van der Waals surface area contributed by atoms with Crippen molar-refractivity contribution in [3.8, 4) is 22.6 Å². The molecule has 190 valence electrons. The van der Waals surface area contributed by atoms with Crippen LogP contribution in [-0.4, -0.2) is 30.1 Å². The fourth-order valence-electron chi connectivity index (χ4n) is 4.18. The highest BCUT2D eigenvalue weighted by atomic mass is 15.1. The number of nitrogens with one attached hydrogen (secondary N) is 3. The third kappa shape index (κ3) is 4.91. The lowest BCUT2D eigenvalue weighted by molar-refractivity contribution is 0.509. The van der Waals surface area contributed by atoms with Crippen LogP contribution < -0.4 is 5.32 Å². The monoisotopic (exact) mass is 501 g/mol. The highest BCUT2D eigenvalue weighted by Gasteiger charge is 2.18. The smallest absolute Gasteiger partial charge is 0.135 e. The van der Waals surface area contributed by atoms with Crippen LogP contribution in [-0.2, 0) is 0 Å². The van der Waals surface area contributed by atoms with Crippen LogP contribution in [0.3, 0.4) is 0 Å². The summed E-state index contributed by atoms with van der Waals surface area (Å²) < 4.78 is 0. The summed E-state index contributed by atoms with van der Waals surface area (Å²) in [6.45, 7) is 16.5. The van der Waals surface area contributed by atoms with E-state index < -0.39 is 0 Å². The van der Waals surface area contributed by atoms with Gasteiger partial charge in [0.15, 0.2) is 0 Å². The maximum absolute atomic E-state index is 4.98. The van der Waals surface area contributed by atoms with E-state index in [0.717, 1.165) is 67.6 Å². The number of rotatable bonds is 7. The summed E-state index contributed by atoms with van der Waals surface area (Å²) in [5.41, 5.74) is 10.6. The van der Waals surface area contributed by atoms with Gasteiger partial charge in [0.1, 0.15) is 11.2 Å². The zero-order valence-corrected chi connectivity index (χ0v) is 22.1. The van der Waals surface area contributed by atoms with Crippen molar-refractivity contribution in [3.05, 3.63) is 109 Å². The molecule has 0 aromatic carbocycles. The van der Waals surface area contributed by atoms with Crippen LogP contribution in [0.1, 0.15) is 37.7 Å². The van der Waals surface area contributed by atoms with Crippen LogP contribution in [0.5, 0.6) is 0 Å². The van der Waals surface area contributed by atoms with Gasteiger partial charge in [-0.1, -0.05) is 52.1 Å². The molecule has 3 N–H and O–H groups in total. The summed E-state index contributed by atoms with van der Waals surface area (Å²) in [5.74, 6) is 0. The third-order valence-electron chi connectivity index (χ3n) is 6.43. The van der Waals surface area contributed by atoms with E-state index in [-0.39, 0.29) is 5.41 Å². The predicted molar refractivity (Wildman–Crippen MR) is 155 cm³/mol. The summed E-state index contributed by atoms with van der Waals surface area (Å²) >= 11 is 0. The lowest BCUT2D eigenvalue weighted by atomic mass is 9.93. The van der Waals surface area contributed by atoms with Gasteiger partial charge in [0.25, 0.3) is 0 Å². The predicted octanol–water partition coefficient (Wildman–Crippen LogP) is 7.31. The molecule has 38 heavy (non-hydrogen) atoms. The van der Waals surface area contributed by atoms with E-state index in [1.807, 2.05) is 55.6 Å². The highest BCUT2D eigenvalue weighted by molar-refractivity contribution is 5.92. The Bertz CT molecular complexity index is 1660. The number of aromatic nitrogens is 6. The standard InChI is InChI=1S/C31H31N7/c1-7-10-23(26-11-8-9-14-33-26)24-16-28(34-19(24)2)30-29-27(37-38-30)13-12-25(36-29)21-15-22(18-32-17-21)35-20(3)31(4,5)6/h7-18,34-35H,1,3H2,2,4-6H3,(H,37,38)/b23-10+. The first-order chi connectivity index (χ1) is 18.2. The quantitative estimate of drug-likeness (QED) is 0.203. The summed E-state index contributed by atoms with van der Waals surface area (Å²) in [6.07, 6.45) is 9.15. The van der Waals surface area contributed by atoms with Gasteiger partial charge in [-0.15, -0.1) is 0 Å². The van der Waals surface area contributed by atoms with Gasteiger partial charge in [0.2, 0.25) is 0 Å². The van der Waals surface area contributed by atoms with Crippen molar-refractivity contribution in [2.24, 2.45) is 5.41 Å². The summed E-state index contributed by atoms with van der Waals surface area (Å²) in [5, 5.41) is 11.1.